The molecule has 156 valence electrons. The number of hydrogen-bond acceptors (Lipinski definition) is 2. The van der Waals surface area contributed by atoms with Crippen molar-refractivity contribution in [3.8, 4) is 0 Å². The zero-order valence-electron chi connectivity index (χ0n) is 17.1. The van der Waals surface area contributed by atoms with Crippen LogP contribution in [0.1, 0.15) is 28.7 Å². The maximum absolute atomic E-state index is 13.9. The van der Waals surface area contributed by atoms with Gasteiger partial charge in [0.05, 0.1) is 6.42 Å². The molecule has 5 heteroatoms. The molecule has 0 heterocycles. The van der Waals surface area contributed by atoms with Gasteiger partial charge in [-0.15, -0.1) is 0 Å². The Kier molecular flexibility index (Phi) is 6.23. The van der Waals surface area contributed by atoms with Crippen molar-refractivity contribution in [2.75, 3.05) is 6.26 Å². The molecule has 3 aromatic carbocycles. The first-order valence-corrected chi connectivity index (χ1v) is 11.5. The van der Waals surface area contributed by atoms with Crippen LogP contribution in [0, 0.1) is 5.82 Å². The first-order valence-electron chi connectivity index (χ1n) is 9.96. The van der Waals surface area contributed by atoms with E-state index in [1.807, 2.05) is 66.7 Å². The number of benzene rings is 3. The second-order valence-electron chi connectivity index (χ2n) is 7.42. The zero-order valence-corrected chi connectivity index (χ0v) is 17.9. The lowest BCUT2D eigenvalue weighted by Crippen LogP contribution is -2.22. The minimum absolute atomic E-state index is 0.110. The number of amides is 1. The lowest BCUT2D eigenvalue weighted by Gasteiger charge is -2.08. The molecule has 1 aliphatic rings. The highest BCUT2D eigenvalue weighted by atomic mass is 32.2. The van der Waals surface area contributed by atoms with Crippen LogP contribution in [-0.2, 0) is 22.1 Å². The summed E-state index contributed by atoms with van der Waals surface area (Å²) in [5.41, 5.74) is 5.33. The molecule has 31 heavy (non-hydrogen) atoms. The molecule has 0 radical (unpaired) electrons. The highest BCUT2D eigenvalue weighted by molar-refractivity contribution is 7.84. The van der Waals surface area contributed by atoms with Crippen LogP contribution in [0.5, 0.6) is 0 Å². The lowest BCUT2D eigenvalue weighted by atomic mass is 10.0. The van der Waals surface area contributed by atoms with E-state index in [2.05, 4.69) is 5.32 Å². The third kappa shape index (κ3) is 5.06. The molecule has 0 saturated carbocycles. The maximum Gasteiger partial charge on any atom is 0.224 e. The largest absolute Gasteiger partial charge is 0.352 e. The third-order valence-electron chi connectivity index (χ3n) is 5.19. The van der Waals surface area contributed by atoms with Gasteiger partial charge in [-0.3, -0.25) is 9.00 Å². The van der Waals surface area contributed by atoms with E-state index in [0.717, 1.165) is 38.3 Å². The van der Waals surface area contributed by atoms with E-state index in [9.17, 15) is 13.4 Å². The molecule has 0 fully saturated rings. The summed E-state index contributed by atoms with van der Waals surface area (Å²) in [6.45, 7) is 0.455. The average Bonchev–Trinajstić information content (AvgIpc) is 3.09. The van der Waals surface area contributed by atoms with Gasteiger partial charge in [0, 0.05) is 28.5 Å². The van der Waals surface area contributed by atoms with Crippen molar-refractivity contribution in [1.82, 2.24) is 5.32 Å². The van der Waals surface area contributed by atoms with Crippen molar-refractivity contribution in [3.05, 3.63) is 107 Å². The Hall–Kier alpha value is -3.31. The van der Waals surface area contributed by atoms with Crippen molar-refractivity contribution in [1.29, 1.82) is 0 Å². The molecular formula is C26H22FNO2S. The predicted molar refractivity (Wildman–Crippen MR) is 124 cm³/mol. The van der Waals surface area contributed by atoms with Gasteiger partial charge in [0.2, 0.25) is 5.91 Å². The molecule has 0 bridgehead atoms. The molecule has 0 spiro atoms. The summed E-state index contributed by atoms with van der Waals surface area (Å²) in [4.78, 5) is 13.3. The van der Waals surface area contributed by atoms with E-state index in [4.69, 9.17) is 0 Å². The van der Waals surface area contributed by atoms with Gasteiger partial charge >= 0.3 is 0 Å². The summed E-state index contributed by atoms with van der Waals surface area (Å²) in [6.07, 6.45) is 5.76. The number of rotatable bonds is 6. The fourth-order valence-corrected chi connectivity index (χ4v) is 4.13. The molecule has 1 atom stereocenters. The van der Waals surface area contributed by atoms with Crippen LogP contribution in [0.3, 0.4) is 0 Å². The molecule has 1 unspecified atom stereocenters. The topological polar surface area (TPSA) is 46.2 Å². The zero-order chi connectivity index (χ0) is 21.8. The molecular weight excluding hydrogens is 409 g/mol. The van der Waals surface area contributed by atoms with Gasteiger partial charge in [-0.05, 0) is 69.8 Å². The van der Waals surface area contributed by atoms with E-state index >= 15 is 0 Å². The molecule has 3 aromatic rings. The first-order chi connectivity index (χ1) is 15.0. The number of fused-ring (bicyclic) bond motifs is 1. The van der Waals surface area contributed by atoms with E-state index in [-0.39, 0.29) is 18.1 Å². The average molecular weight is 432 g/mol. The molecule has 0 aromatic heterocycles. The molecule has 1 amide bonds. The number of halogens is 1. The summed E-state index contributed by atoms with van der Waals surface area (Å²) in [5.74, 6) is -0.438. The maximum atomic E-state index is 13.9. The van der Waals surface area contributed by atoms with Crippen LogP contribution in [0.2, 0.25) is 0 Å². The van der Waals surface area contributed by atoms with E-state index in [1.54, 1.807) is 12.3 Å². The Balaban J connectivity index is 1.56. The van der Waals surface area contributed by atoms with Gasteiger partial charge in [0.1, 0.15) is 5.82 Å². The molecule has 3 nitrogen and oxygen atoms in total. The summed E-state index contributed by atoms with van der Waals surface area (Å²) in [7, 11) is -1.03. The van der Waals surface area contributed by atoms with Crippen LogP contribution in [0.25, 0.3) is 17.2 Å². The quantitative estimate of drug-likeness (QED) is 0.583. The smallest absolute Gasteiger partial charge is 0.224 e. The third-order valence-corrected chi connectivity index (χ3v) is 6.12. The Morgan fingerprint density at radius 3 is 2.45 bits per heavy atom. The van der Waals surface area contributed by atoms with Crippen LogP contribution in [-0.4, -0.2) is 16.4 Å². The van der Waals surface area contributed by atoms with Crippen LogP contribution in [0.4, 0.5) is 4.39 Å². The summed E-state index contributed by atoms with van der Waals surface area (Å²) < 4.78 is 25.5. The Morgan fingerprint density at radius 1 is 1.00 bits per heavy atom. The number of allylic oxidation sites excluding steroid dienone is 2. The first kappa shape index (κ1) is 20.9. The standard InChI is InChI=1S/C26H22FNO2S/c1-31(30)23-10-7-18(8-11-23)13-20-14-21(25-16-22(27)9-12-24(20)25)15-26(29)28-17-19-5-3-2-4-6-19/h2-14,16H,15,17H2,1H3,(H,28,29). The van der Waals surface area contributed by atoms with Crippen molar-refractivity contribution in [3.63, 3.8) is 0 Å². The number of nitrogens with one attached hydrogen (secondary N) is 1. The van der Waals surface area contributed by atoms with Gasteiger partial charge in [-0.2, -0.15) is 0 Å². The number of carbonyl (C=O) groups is 1. The van der Waals surface area contributed by atoms with Crippen molar-refractivity contribution in [2.24, 2.45) is 0 Å². The van der Waals surface area contributed by atoms with Gasteiger partial charge < -0.3 is 5.32 Å². The Bertz CT molecular complexity index is 1200. The van der Waals surface area contributed by atoms with E-state index in [1.165, 1.54) is 12.1 Å². The summed E-state index contributed by atoms with van der Waals surface area (Å²) in [6, 6.07) is 21.9. The predicted octanol–water partition coefficient (Wildman–Crippen LogP) is 5.21. The van der Waals surface area contributed by atoms with Crippen molar-refractivity contribution in [2.45, 2.75) is 17.9 Å². The fourth-order valence-electron chi connectivity index (χ4n) is 3.61. The number of hydrogen-bond donors (Lipinski definition) is 1. The molecule has 4 rings (SSSR count). The van der Waals surface area contributed by atoms with Crippen LogP contribution in [0.15, 0.2) is 83.8 Å². The second-order valence-corrected chi connectivity index (χ2v) is 8.80. The molecule has 1 aliphatic carbocycles. The monoisotopic (exact) mass is 431 g/mol. The molecule has 1 N–H and O–H groups in total. The van der Waals surface area contributed by atoms with Gasteiger partial charge in [-0.1, -0.05) is 48.5 Å². The SMILES string of the molecule is CS(=O)c1ccc(C=C2C=C(CC(=O)NCc3ccccc3)c3cc(F)ccc32)cc1. The Labute approximate surface area is 183 Å². The van der Waals surface area contributed by atoms with E-state index < -0.39 is 10.8 Å². The van der Waals surface area contributed by atoms with Crippen molar-refractivity contribution >= 4 is 33.9 Å². The fraction of sp³-hybridized carbons (Fsp3) is 0.115. The molecule has 0 aliphatic heterocycles. The summed E-state index contributed by atoms with van der Waals surface area (Å²) in [5, 5.41) is 2.93. The minimum atomic E-state index is -1.03. The highest BCUT2D eigenvalue weighted by Gasteiger charge is 2.21. The van der Waals surface area contributed by atoms with Gasteiger partial charge in [-0.25, -0.2) is 4.39 Å². The van der Waals surface area contributed by atoms with Gasteiger partial charge in [0.15, 0.2) is 0 Å². The van der Waals surface area contributed by atoms with Crippen LogP contribution >= 0.6 is 0 Å². The molecule has 0 saturated heterocycles. The van der Waals surface area contributed by atoms with Crippen molar-refractivity contribution < 1.29 is 13.4 Å². The van der Waals surface area contributed by atoms with Gasteiger partial charge in [0.25, 0.3) is 0 Å². The summed E-state index contributed by atoms with van der Waals surface area (Å²) >= 11 is 0. The normalized spacial score (nSPS) is 14.8. The minimum Gasteiger partial charge on any atom is -0.352 e. The van der Waals surface area contributed by atoms with Crippen LogP contribution < -0.4 is 5.32 Å². The lowest BCUT2D eigenvalue weighted by molar-refractivity contribution is -0.120. The Morgan fingerprint density at radius 2 is 1.74 bits per heavy atom. The van der Waals surface area contributed by atoms with E-state index in [0.29, 0.717) is 6.54 Å². The second kappa shape index (κ2) is 9.23. The highest BCUT2D eigenvalue weighted by Crippen LogP contribution is 2.38. The number of carbonyl (C=O) groups excluding carboxylic acids is 1.